The van der Waals surface area contributed by atoms with Gasteiger partial charge in [0.2, 0.25) is 11.8 Å². The van der Waals surface area contributed by atoms with E-state index in [9.17, 15) is 9.59 Å². The van der Waals surface area contributed by atoms with E-state index in [-0.39, 0.29) is 24.3 Å². The zero-order valence-corrected chi connectivity index (χ0v) is 19.7. The second-order valence-electron chi connectivity index (χ2n) is 8.41. The number of hydrogen-bond acceptors (Lipinski definition) is 3. The first-order chi connectivity index (χ1) is 15.5. The van der Waals surface area contributed by atoms with E-state index < -0.39 is 6.04 Å². The molecule has 0 aliphatic heterocycles. The van der Waals surface area contributed by atoms with Crippen molar-refractivity contribution in [2.24, 2.45) is 0 Å². The third kappa shape index (κ3) is 6.49. The molecule has 2 aromatic rings. The van der Waals surface area contributed by atoms with E-state index in [0.717, 1.165) is 42.6 Å². The molecule has 1 N–H and O–H groups in total. The van der Waals surface area contributed by atoms with E-state index in [1.807, 2.05) is 55.5 Å². The molecule has 0 radical (unpaired) electrons. The minimum Gasteiger partial charge on any atom is -0.497 e. The van der Waals surface area contributed by atoms with Gasteiger partial charge in [0, 0.05) is 17.6 Å². The Balaban J connectivity index is 1.80. The molecular formula is C26H33ClN2O3. The Labute approximate surface area is 196 Å². The topological polar surface area (TPSA) is 58.6 Å². The number of ether oxygens (including phenoxy) is 1. The number of methoxy groups -OCH3 is 1. The molecule has 172 valence electrons. The fourth-order valence-electron chi connectivity index (χ4n) is 4.29. The molecule has 0 saturated heterocycles. The van der Waals surface area contributed by atoms with E-state index >= 15 is 0 Å². The third-order valence-corrected chi connectivity index (χ3v) is 6.52. The fourth-order valence-corrected chi connectivity index (χ4v) is 4.49. The second kappa shape index (κ2) is 11.9. The molecule has 1 aliphatic rings. The molecule has 0 unspecified atom stereocenters. The summed E-state index contributed by atoms with van der Waals surface area (Å²) in [5.74, 6) is 0.572. The van der Waals surface area contributed by atoms with Gasteiger partial charge in [0.1, 0.15) is 11.8 Å². The Bertz CT molecular complexity index is 894. The summed E-state index contributed by atoms with van der Waals surface area (Å²) in [5, 5.41) is 3.80. The normalized spacial score (nSPS) is 15.1. The molecule has 3 rings (SSSR count). The highest BCUT2D eigenvalue weighted by Crippen LogP contribution is 2.22. The van der Waals surface area contributed by atoms with Crippen LogP contribution in [0.5, 0.6) is 5.75 Å². The lowest BCUT2D eigenvalue weighted by atomic mass is 9.95. The highest BCUT2D eigenvalue weighted by molar-refractivity contribution is 6.31. The maximum atomic E-state index is 13.5. The molecular weight excluding hydrogens is 424 g/mol. The van der Waals surface area contributed by atoms with Crippen LogP contribution in [0.2, 0.25) is 5.02 Å². The minimum atomic E-state index is -0.543. The van der Waals surface area contributed by atoms with Crippen molar-refractivity contribution in [3.63, 3.8) is 0 Å². The number of carbonyl (C=O) groups excluding carboxylic acids is 2. The first-order valence-electron chi connectivity index (χ1n) is 11.5. The summed E-state index contributed by atoms with van der Waals surface area (Å²) in [6.45, 7) is 2.25. The average molecular weight is 457 g/mol. The van der Waals surface area contributed by atoms with E-state index in [4.69, 9.17) is 16.3 Å². The van der Waals surface area contributed by atoms with Crippen LogP contribution in [0, 0.1) is 0 Å². The summed E-state index contributed by atoms with van der Waals surface area (Å²) < 4.78 is 5.21. The van der Waals surface area contributed by atoms with Crippen LogP contribution in [0.4, 0.5) is 0 Å². The monoisotopic (exact) mass is 456 g/mol. The summed E-state index contributed by atoms with van der Waals surface area (Å²) in [6, 6.07) is 14.6. The van der Waals surface area contributed by atoms with Gasteiger partial charge < -0.3 is 15.0 Å². The van der Waals surface area contributed by atoms with Crippen LogP contribution in [0.25, 0.3) is 0 Å². The van der Waals surface area contributed by atoms with Gasteiger partial charge in [0.25, 0.3) is 0 Å². The summed E-state index contributed by atoms with van der Waals surface area (Å²) in [4.78, 5) is 28.4. The second-order valence-corrected chi connectivity index (χ2v) is 8.81. The molecule has 0 spiro atoms. The standard InChI is InChI=1S/C26H33ClN2O3/c1-3-24(26(31)28-21-10-5-4-6-11-21)29(18-20-9-7-8-12-23(20)27)25(30)17-19-13-15-22(32-2)16-14-19/h7-9,12-16,21,24H,3-6,10-11,17-18H2,1-2H3,(H,28,31)/t24-/m1/s1. The van der Waals surface area contributed by atoms with Gasteiger partial charge in [-0.05, 0) is 48.6 Å². The van der Waals surface area contributed by atoms with Gasteiger partial charge in [-0.15, -0.1) is 0 Å². The van der Waals surface area contributed by atoms with Crippen LogP contribution in [-0.2, 0) is 22.6 Å². The van der Waals surface area contributed by atoms with Gasteiger partial charge in [-0.3, -0.25) is 9.59 Å². The molecule has 32 heavy (non-hydrogen) atoms. The minimum absolute atomic E-state index is 0.0745. The Morgan fingerprint density at radius 3 is 2.41 bits per heavy atom. The first-order valence-corrected chi connectivity index (χ1v) is 11.9. The lowest BCUT2D eigenvalue weighted by Gasteiger charge is -2.33. The van der Waals surface area contributed by atoms with Crippen LogP contribution in [0.3, 0.4) is 0 Å². The van der Waals surface area contributed by atoms with Gasteiger partial charge in [-0.1, -0.05) is 68.1 Å². The number of nitrogens with one attached hydrogen (secondary N) is 1. The lowest BCUT2D eigenvalue weighted by molar-refractivity contribution is -0.141. The summed E-state index contributed by atoms with van der Waals surface area (Å²) in [5.41, 5.74) is 1.71. The largest absolute Gasteiger partial charge is 0.497 e. The van der Waals surface area contributed by atoms with Crippen molar-refractivity contribution < 1.29 is 14.3 Å². The molecule has 1 saturated carbocycles. The van der Waals surface area contributed by atoms with E-state index in [2.05, 4.69) is 5.32 Å². The molecule has 0 heterocycles. The van der Waals surface area contributed by atoms with Crippen molar-refractivity contribution >= 4 is 23.4 Å². The average Bonchev–Trinajstić information content (AvgIpc) is 2.81. The maximum absolute atomic E-state index is 13.5. The Hall–Kier alpha value is -2.53. The zero-order chi connectivity index (χ0) is 22.9. The molecule has 0 bridgehead atoms. The van der Waals surface area contributed by atoms with Gasteiger partial charge >= 0.3 is 0 Å². The summed E-state index contributed by atoms with van der Waals surface area (Å²) in [7, 11) is 1.61. The first kappa shape index (κ1) is 24.1. The molecule has 2 amide bonds. The van der Waals surface area contributed by atoms with E-state index in [1.165, 1.54) is 6.42 Å². The number of carbonyl (C=O) groups is 2. The molecule has 2 aromatic carbocycles. The van der Waals surface area contributed by atoms with Crippen molar-refractivity contribution in [2.75, 3.05) is 7.11 Å². The highest BCUT2D eigenvalue weighted by atomic mass is 35.5. The van der Waals surface area contributed by atoms with Crippen molar-refractivity contribution in [1.82, 2.24) is 10.2 Å². The van der Waals surface area contributed by atoms with Gasteiger partial charge in [-0.25, -0.2) is 0 Å². The van der Waals surface area contributed by atoms with Crippen LogP contribution in [0.1, 0.15) is 56.6 Å². The van der Waals surface area contributed by atoms with Crippen molar-refractivity contribution in [2.45, 2.75) is 70.5 Å². The zero-order valence-electron chi connectivity index (χ0n) is 19.0. The fraction of sp³-hybridized carbons (Fsp3) is 0.462. The number of benzene rings is 2. The number of amides is 2. The highest BCUT2D eigenvalue weighted by Gasteiger charge is 2.30. The number of hydrogen-bond donors (Lipinski definition) is 1. The molecule has 6 heteroatoms. The van der Waals surface area contributed by atoms with Crippen LogP contribution < -0.4 is 10.1 Å². The predicted molar refractivity (Wildman–Crippen MR) is 128 cm³/mol. The van der Waals surface area contributed by atoms with Gasteiger partial charge in [0.15, 0.2) is 0 Å². The van der Waals surface area contributed by atoms with Crippen molar-refractivity contribution in [3.05, 3.63) is 64.7 Å². The van der Waals surface area contributed by atoms with Crippen LogP contribution >= 0.6 is 11.6 Å². The molecule has 5 nitrogen and oxygen atoms in total. The molecule has 1 aliphatic carbocycles. The number of rotatable bonds is 9. The maximum Gasteiger partial charge on any atom is 0.243 e. The van der Waals surface area contributed by atoms with Crippen LogP contribution in [0.15, 0.2) is 48.5 Å². The Kier molecular flexibility index (Phi) is 8.98. The molecule has 1 fully saturated rings. The van der Waals surface area contributed by atoms with E-state index in [0.29, 0.717) is 18.0 Å². The summed E-state index contributed by atoms with van der Waals surface area (Å²) >= 11 is 6.40. The third-order valence-electron chi connectivity index (χ3n) is 6.15. The van der Waals surface area contributed by atoms with Crippen LogP contribution in [-0.4, -0.2) is 35.9 Å². The van der Waals surface area contributed by atoms with Crippen molar-refractivity contribution in [3.8, 4) is 5.75 Å². The number of halogens is 1. The predicted octanol–water partition coefficient (Wildman–Crippen LogP) is 5.15. The summed E-state index contributed by atoms with van der Waals surface area (Å²) in [6.07, 6.45) is 6.27. The van der Waals surface area contributed by atoms with E-state index in [1.54, 1.807) is 12.0 Å². The quantitative estimate of drug-likeness (QED) is 0.567. The molecule has 1 atom stereocenters. The smallest absolute Gasteiger partial charge is 0.243 e. The SMILES string of the molecule is CC[C@H](C(=O)NC1CCCCC1)N(Cc1ccccc1Cl)C(=O)Cc1ccc(OC)cc1. The van der Waals surface area contributed by atoms with Gasteiger partial charge in [-0.2, -0.15) is 0 Å². The van der Waals surface area contributed by atoms with Gasteiger partial charge in [0.05, 0.1) is 13.5 Å². The Morgan fingerprint density at radius 2 is 1.78 bits per heavy atom. The number of nitrogens with zero attached hydrogens (tertiary/aromatic N) is 1. The van der Waals surface area contributed by atoms with Crippen molar-refractivity contribution in [1.29, 1.82) is 0 Å². The Morgan fingerprint density at radius 1 is 1.09 bits per heavy atom. The molecule has 0 aromatic heterocycles. The lowest BCUT2D eigenvalue weighted by Crippen LogP contribution is -2.52.